The van der Waals surface area contributed by atoms with Crippen molar-refractivity contribution in [2.75, 3.05) is 0 Å². The molecular weight excluding hydrogens is 389 g/mol. The normalized spacial score (nSPS) is 12.1. The lowest BCUT2D eigenvalue weighted by atomic mass is 10.1. The lowest BCUT2D eigenvalue weighted by Gasteiger charge is -2.25. The number of amides is 1. The second-order valence-corrected chi connectivity index (χ2v) is 9.07. The average Bonchev–Trinajstić information content (AvgIpc) is 2.69. The monoisotopic (exact) mass is 417 g/mol. The molecule has 0 aliphatic rings. The molecule has 2 aromatic rings. The molecule has 2 aromatic carbocycles. The molecule has 0 fully saturated rings. The molecule has 0 aliphatic carbocycles. The number of hydrogen-bond acceptors (Lipinski definition) is 5. The summed E-state index contributed by atoms with van der Waals surface area (Å²) < 4.78 is 25.0. The summed E-state index contributed by atoms with van der Waals surface area (Å²) in [6.45, 7) is 3.17. The number of Topliss-reactive ketones (excluding diaryl/α,β-unsaturated/α-hetero) is 1. The molecule has 0 saturated carbocycles. The van der Waals surface area contributed by atoms with Crippen molar-refractivity contribution in [1.29, 1.82) is 0 Å². The van der Waals surface area contributed by atoms with Crippen molar-refractivity contribution in [2.24, 2.45) is 0 Å². The third kappa shape index (κ3) is 8.12. The summed E-state index contributed by atoms with van der Waals surface area (Å²) in [4.78, 5) is 23.3. The van der Waals surface area contributed by atoms with Gasteiger partial charge in [0.25, 0.3) is 0 Å². The first-order valence-electron chi connectivity index (χ1n) is 9.77. The fraction of sp³-hybridized carbons (Fsp3) is 0.364. The van der Waals surface area contributed by atoms with Gasteiger partial charge in [0.05, 0.1) is 0 Å². The number of rotatable bonds is 12. The van der Waals surface area contributed by atoms with Gasteiger partial charge in [-0.05, 0) is 51.0 Å². The van der Waals surface area contributed by atoms with Gasteiger partial charge in [0.2, 0.25) is 5.91 Å². The minimum absolute atomic E-state index is 0.153. The molecule has 2 rings (SSSR count). The Labute approximate surface area is 172 Å². The lowest BCUT2D eigenvalue weighted by molar-refractivity contribution is -0.121. The zero-order valence-corrected chi connectivity index (χ0v) is 17.8. The summed E-state index contributed by atoms with van der Waals surface area (Å²) >= 11 is 0. The topological polar surface area (TPSA) is 81.7 Å². The number of para-hydroxylation sites is 2. The molecule has 0 heterocycles. The highest BCUT2D eigenvalue weighted by Crippen LogP contribution is 2.51. The van der Waals surface area contributed by atoms with Crippen LogP contribution in [0.25, 0.3) is 0 Å². The van der Waals surface area contributed by atoms with Crippen molar-refractivity contribution in [3.8, 4) is 11.5 Å². The summed E-state index contributed by atoms with van der Waals surface area (Å²) in [5.41, 5.74) is 0. The number of ketones is 1. The van der Waals surface area contributed by atoms with Crippen LogP contribution in [0.2, 0.25) is 0 Å². The van der Waals surface area contributed by atoms with Crippen molar-refractivity contribution < 1.29 is 23.2 Å². The smallest absolute Gasteiger partial charge is 0.415 e. The molecule has 0 spiro atoms. The lowest BCUT2D eigenvalue weighted by Crippen LogP contribution is -2.34. The Balaban J connectivity index is 2.00. The number of nitrogens with one attached hydrogen (secondary N) is 1. The van der Waals surface area contributed by atoms with Crippen LogP contribution in [0.5, 0.6) is 11.5 Å². The molecule has 0 bridgehead atoms. The van der Waals surface area contributed by atoms with Crippen LogP contribution in [0.1, 0.15) is 46.0 Å². The van der Waals surface area contributed by atoms with E-state index in [0.717, 1.165) is 12.8 Å². The van der Waals surface area contributed by atoms with Gasteiger partial charge in [0, 0.05) is 12.8 Å². The van der Waals surface area contributed by atoms with Gasteiger partial charge in [0.1, 0.15) is 17.3 Å². The molecule has 0 aromatic heterocycles. The Kier molecular flexibility index (Phi) is 8.94. The van der Waals surface area contributed by atoms with Gasteiger partial charge in [-0.3, -0.25) is 4.79 Å². The predicted molar refractivity (Wildman–Crippen MR) is 113 cm³/mol. The molecule has 0 aliphatic heterocycles. The van der Waals surface area contributed by atoms with Gasteiger partial charge in [-0.15, -0.1) is 0 Å². The standard InChI is InChI=1S/C22H28NO5P/c1-18(24)12-6-3-11-17-22(25)23-19(2)29(26,27-20-13-7-4-8-14-20)28-21-15-9-5-10-16-21/h4-5,7-10,13-16,19H,3,6,11-12,17H2,1-2H3,(H,23,25). The Hall–Kier alpha value is -2.59. The average molecular weight is 417 g/mol. The zero-order chi connectivity index (χ0) is 21.1. The summed E-state index contributed by atoms with van der Waals surface area (Å²) in [7, 11) is -3.74. The van der Waals surface area contributed by atoms with Gasteiger partial charge in [0.15, 0.2) is 5.78 Å². The second-order valence-electron chi connectivity index (χ2n) is 6.85. The molecule has 29 heavy (non-hydrogen) atoms. The van der Waals surface area contributed by atoms with Crippen molar-refractivity contribution >= 4 is 19.3 Å². The number of carbonyl (C=O) groups is 2. The number of benzene rings is 2. The fourth-order valence-corrected chi connectivity index (χ4v) is 4.14. The predicted octanol–water partition coefficient (Wildman–Crippen LogP) is 5.34. The van der Waals surface area contributed by atoms with Crippen LogP contribution >= 0.6 is 7.60 Å². The van der Waals surface area contributed by atoms with Crippen LogP contribution in [0.15, 0.2) is 60.7 Å². The number of unbranched alkanes of at least 4 members (excludes halogenated alkanes) is 2. The van der Waals surface area contributed by atoms with E-state index < -0.39 is 13.4 Å². The molecule has 0 saturated heterocycles. The largest absolute Gasteiger partial charge is 0.452 e. The Bertz CT molecular complexity index is 780. The van der Waals surface area contributed by atoms with E-state index in [9.17, 15) is 14.2 Å². The van der Waals surface area contributed by atoms with Gasteiger partial charge in [-0.25, -0.2) is 4.57 Å². The van der Waals surface area contributed by atoms with Crippen molar-refractivity contribution in [3.63, 3.8) is 0 Å². The molecule has 1 atom stereocenters. The van der Waals surface area contributed by atoms with Crippen molar-refractivity contribution in [1.82, 2.24) is 5.32 Å². The minimum Gasteiger partial charge on any atom is -0.415 e. The van der Waals surface area contributed by atoms with E-state index in [1.165, 1.54) is 0 Å². The zero-order valence-electron chi connectivity index (χ0n) is 16.9. The van der Waals surface area contributed by atoms with Crippen molar-refractivity contribution in [2.45, 2.75) is 51.7 Å². The summed E-state index contributed by atoms with van der Waals surface area (Å²) in [5.74, 6) is -0.115. The highest BCUT2D eigenvalue weighted by molar-refractivity contribution is 7.55. The van der Waals surface area contributed by atoms with Crippen LogP contribution in [0.3, 0.4) is 0 Å². The molecule has 6 nitrogen and oxygen atoms in total. The van der Waals surface area contributed by atoms with Crippen LogP contribution in [0.4, 0.5) is 0 Å². The maximum atomic E-state index is 13.5. The molecule has 156 valence electrons. The number of hydrogen-bond donors (Lipinski definition) is 1. The summed E-state index contributed by atoms with van der Waals surface area (Å²) in [6, 6.07) is 17.5. The van der Waals surface area contributed by atoms with E-state index in [-0.39, 0.29) is 11.7 Å². The minimum atomic E-state index is -3.74. The first-order valence-corrected chi connectivity index (χ1v) is 11.4. The molecule has 1 unspecified atom stereocenters. The van der Waals surface area contributed by atoms with Crippen LogP contribution < -0.4 is 14.4 Å². The molecule has 7 heteroatoms. The van der Waals surface area contributed by atoms with Crippen LogP contribution in [-0.4, -0.2) is 17.5 Å². The third-order valence-electron chi connectivity index (χ3n) is 4.23. The molecule has 0 radical (unpaired) electrons. The third-order valence-corrected chi connectivity index (χ3v) is 6.24. The molecular formula is C22H28NO5P. The summed E-state index contributed by atoms with van der Waals surface area (Å²) in [6.07, 6.45) is 3.04. The fourth-order valence-electron chi connectivity index (χ4n) is 2.65. The molecule has 1 N–H and O–H groups in total. The van der Waals surface area contributed by atoms with Crippen molar-refractivity contribution in [3.05, 3.63) is 60.7 Å². The second kappa shape index (κ2) is 11.4. The van der Waals surface area contributed by atoms with Gasteiger partial charge >= 0.3 is 7.60 Å². The Morgan fingerprint density at radius 3 is 1.83 bits per heavy atom. The Morgan fingerprint density at radius 2 is 1.34 bits per heavy atom. The van der Waals surface area contributed by atoms with Crippen LogP contribution in [0, 0.1) is 0 Å². The van der Waals surface area contributed by atoms with E-state index in [2.05, 4.69) is 5.32 Å². The van der Waals surface area contributed by atoms with E-state index in [1.54, 1.807) is 62.4 Å². The number of carbonyl (C=O) groups excluding carboxylic acids is 2. The van der Waals surface area contributed by atoms with E-state index in [0.29, 0.717) is 30.8 Å². The van der Waals surface area contributed by atoms with Gasteiger partial charge in [-0.1, -0.05) is 42.8 Å². The quantitative estimate of drug-likeness (QED) is 0.372. The van der Waals surface area contributed by atoms with E-state index >= 15 is 0 Å². The maximum Gasteiger partial charge on any atom is 0.452 e. The van der Waals surface area contributed by atoms with Gasteiger partial charge < -0.3 is 19.2 Å². The maximum absolute atomic E-state index is 13.5. The molecule has 1 amide bonds. The van der Waals surface area contributed by atoms with E-state index in [1.807, 2.05) is 12.1 Å². The highest BCUT2D eigenvalue weighted by atomic mass is 31.2. The highest BCUT2D eigenvalue weighted by Gasteiger charge is 2.37. The first-order chi connectivity index (χ1) is 13.9. The summed E-state index contributed by atoms with van der Waals surface area (Å²) in [5, 5.41) is 2.74. The van der Waals surface area contributed by atoms with E-state index in [4.69, 9.17) is 9.05 Å². The Morgan fingerprint density at radius 1 is 0.862 bits per heavy atom. The van der Waals surface area contributed by atoms with Gasteiger partial charge in [-0.2, -0.15) is 0 Å². The SMILES string of the molecule is CC(=O)CCCCCC(=O)NC(C)P(=O)(Oc1ccccc1)Oc1ccccc1. The first kappa shape index (κ1) is 22.7. The van der Waals surface area contributed by atoms with Crippen LogP contribution in [-0.2, 0) is 14.2 Å².